The van der Waals surface area contributed by atoms with E-state index in [0.717, 1.165) is 12.8 Å². The van der Waals surface area contributed by atoms with Gasteiger partial charge in [0.25, 0.3) is 0 Å². The van der Waals surface area contributed by atoms with Crippen LogP contribution in [0.1, 0.15) is 33.6 Å². The predicted molar refractivity (Wildman–Crippen MR) is 64.0 cm³/mol. The van der Waals surface area contributed by atoms with Crippen molar-refractivity contribution in [2.24, 2.45) is 11.1 Å². The summed E-state index contributed by atoms with van der Waals surface area (Å²) in [6, 6.07) is 0.0819. The summed E-state index contributed by atoms with van der Waals surface area (Å²) < 4.78 is 5.31. The lowest BCUT2D eigenvalue weighted by Crippen LogP contribution is -2.52. The molecule has 1 aliphatic rings. The lowest BCUT2D eigenvalue weighted by molar-refractivity contribution is -0.142. The van der Waals surface area contributed by atoms with Gasteiger partial charge in [0.05, 0.1) is 18.6 Å². The predicted octanol–water partition coefficient (Wildman–Crippen LogP) is 0.997. The molecule has 2 N–H and O–H groups in total. The van der Waals surface area contributed by atoms with Crippen molar-refractivity contribution in [3.05, 3.63) is 0 Å². The molecule has 0 aliphatic carbocycles. The van der Waals surface area contributed by atoms with E-state index in [1.807, 2.05) is 18.9 Å². The van der Waals surface area contributed by atoms with Gasteiger partial charge in [-0.15, -0.1) is 0 Å². The lowest BCUT2D eigenvalue weighted by atomic mass is 9.84. The summed E-state index contributed by atoms with van der Waals surface area (Å²) >= 11 is 0. The van der Waals surface area contributed by atoms with E-state index in [-0.39, 0.29) is 18.0 Å². The molecule has 3 atom stereocenters. The highest BCUT2D eigenvalue weighted by atomic mass is 16.5. The van der Waals surface area contributed by atoms with Crippen LogP contribution in [-0.2, 0) is 9.53 Å². The molecule has 1 rings (SSSR count). The normalized spacial score (nSPS) is 31.4. The molecular formula is C12H24N2O2. The van der Waals surface area contributed by atoms with Gasteiger partial charge in [0, 0.05) is 19.1 Å². The van der Waals surface area contributed by atoms with Gasteiger partial charge in [-0.2, -0.15) is 0 Å². The van der Waals surface area contributed by atoms with E-state index in [4.69, 9.17) is 10.5 Å². The number of hydrogen-bond donors (Lipinski definition) is 1. The molecule has 16 heavy (non-hydrogen) atoms. The van der Waals surface area contributed by atoms with Crippen LogP contribution in [0.4, 0.5) is 0 Å². The zero-order chi connectivity index (χ0) is 12.3. The van der Waals surface area contributed by atoms with Gasteiger partial charge >= 0.3 is 0 Å². The topological polar surface area (TPSA) is 55.6 Å². The second-order valence-corrected chi connectivity index (χ2v) is 5.09. The fourth-order valence-electron chi connectivity index (χ4n) is 2.12. The summed E-state index contributed by atoms with van der Waals surface area (Å²) in [4.78, 5) is 14.2. The van der Waals surface area contributed by atoms with Crippen molar-refractivity contribution in [3.63, 3.8) is 0 Å². The molecule has 0 aromatic heterocycles. The van der Waals surface area contributed by atoms with Crippen LogP contribution in [0, 0.1) is 5.41 Å². The Morgan fingerprint density at radius 1 is 1.69 bits per heavy atom. The first-order chi connectivity index (χ1) is 7.43. The Kier molecular flexibility index (Phi) is 4.33. The fraction of sp³-hybridized carbons (Fsp3) is 0.917. The van der Waals surface area contributed by atoms with Gasteiger partial charge in [-0.1, -0.05) is 13.3 Å². The Labute approximate surface area is 98.1 Å². The highest BCUT2D eigenvalue weighted by molar-refractivity contribution is 5.83. The Morgan fingerprint density at radius 3 is 2.75 bits per heavy atom. The van der Waals surface area contributed by atoms with Gasteiger partial charge in [0.15, 0.2) is 0 Å². The fourth-order valence-corrected chi connectivity index (χ4v) is 2.12. The minimum Gasteiger partial charge on any atom is -0.379 e. The highest BCUT2D eigenvalue weighted by Crippen LogP contribution is 2.30. The van der Waals surface area contributed by atoms with Crippen LogP contribution >= 0.6 is 0 Å². The van der Waals surface area contributed by atoms with Crippen molar-refractivity contribution in [1.82, 2.24) is 4.90 Å². The molecule has 94 valence electrons. The van der Waals surface area contributed by atoms with Crippen LogP contribution in [0.3, 0.4) is 0 Å². The molecule has 1 heterocycles. The maximum absolute atomic E-state index is 12.4. The monoisotopic (exact) mass is 228 g/mol. The second kappa shape index (κ2) is 5.15. The van der Waals surface area contributed by atoms with Gasteiger partial charge < -0.3 is 15.4 Å². The van der Waals surface area contributed by atoms with Crippen molar-refractivity contribution >= 4 is 5.91 Å². The van der Waals surface area contributed by atoms with E-state index in [2.05, 4.69) is 13.8 Å². The molecule has 0 saturated carbocycles. The Hall–Kier alpha value is -0.610. The molecule has 0 bridgehead atoms. The molecule has 0 radical (unpaired) electrons. The van der Waals surface area contributed by atoms with Crippen molar-refractivity contribution in [3.8, 4) is 0 Å². The SMILES string of the molecule is CCCC(C)N(C)C(=O)C1(C)COCC1N. The Bertz CT molecular complexity index is 257. The largest absolute Gasteiger partial charge is 0.379 e. The van der Waals surface area contributed by atoms with Crippen molar-refractivity contribution in [1.29, 1.82) is 0 Å². The number of carbonyl (C=O) groups is 1. The summed E-state index contributed by atoms with van der Waals surface area (Å²) in [7, 11) is 1.86. The Balaban J connectivity index is 2.69. The smallest absolute Gasteiger partial charge is 0.232 e. The van der Waals surface area contributed by atoms with Crippen LogP contribution in [0.5, 0.6) is 0 Å². The van der Waals surface area contributed by atoms with Gasteiger partial charge in [-0.25, -0.2) is 0 Å². The number of rotatable bonds is 4. The van der Waals surface area contributed by atoms with Crippen LogP contribution in [0.25, 0.3) is 0 Å². The van der Waals surface area contributed by atoms with Crippen molar-refractivity contribution in [2.45, 2.75) is 45.7 Å². The van der Waals surface area contributed by atoms with E-state index in [0.29, 0.717) is 13.2 Å². The van der Waals surface area contributed by atoms with E-state index < -0.39 is 5.41 Å². The maximum atomic E-state index is 12.4. The maximum Gasteiger partial charge on any atom is 0.232 e. The molecule has 1 amide bonds. The molecule has 3 unspecified atom stereocenters. The zero-order valence-corrected chi connectivity index (χ0v) is 10.8. The minimum atomic E-state index is -0.545. The van der Waals surface area contributed by atoms with Gasteiger partial charge in [0.2, 0.25) is 5.91 Å². The van der Waals surface area contributed by atoms with Crippen LogP contribution in [0.15, 0.2) is 0 Å². The second-order valence-electron chi connectivity index (χ2n) is 5.09. The molecule has 4 heteroatoms. The van der Waals surface area contributed by atoms with E-state index >= 15 is 0 Å². The number of hydrogen-bond acceptors (Lipinski definition) is 3. The third kappa shape index (κ3) is 2.38. The molecule has 0 aromatic carbocycles. The van der Waals surface area contributed by atoms with Crippen molar-refractivity contribution < 1.29 is 9.53 Å². The first-order valence-corrected chi connectivity index (χ1v) is 6.04. The summed E-state index contributed by atoms with van der Waals surface area (Å²) in [6.45, 7) is 7.03. The molecule has 0 aromatic rings. The number of ether oxygens (including phenoxy) is 1. The summed E-state index contributed by atoms with van der Waals surface area (Å²) in [6.07, 6.45) is 2.10. The standard InChI is InChI=1S/C12H24N2O2/c1-5-6-9(2)14(4)11(15)12(3)8-16-7-10(12)13/h9-10H,5-8,13H2,1-4H3. The van der Waals surface area contributed by atoms with Crippen LogP contribution < -0.4 is 5.73 Å². The first-order valence-electron chi connectivity index (χ1n) is 6.04. The summed E-state index contributed by atoms with van der Waals surface area (Å²) in [5.41, 5.74) is 5.41. The minimum absolute atomic E-state index is 0.110. The molecule has 1 saturated heterocycles. The molecule has 0 spiro atoms. The average Bonchev–Trinajstić information content (AvgIpc) is 2.59. The quantitative estimate of drug-likeness (QED) is 0.781. The lowest BCUT2D eigenvalue weighted by Gasteiger charge is -2.34. The average molecular weight is 228 g/mol. The van der Waals surface area contributed by atoms with Gasteiger partial charge in [-0.05, 0) is 20.3 Å². The molecule has 1 aliphatic heterocycles. The van der Waals surface area contributed by atoms with Crippen LogP contribution in [-0.4, -0.2) is 43.2 Å². The zero-order valence-electron chi connectivity index (χ0n) is 10.8. The Morgan fingerprint density at radius 2 is 2.31 bits per heavy atom. The number of carbonyl (C=O) groups excluding carboxylic acids is 1. The number of amides is 1. The third-order valence-corrected chi connectivity index (χ3v) is 3.69. The van der Waals surface area contributed by atoms with E-state index in [1.165, 1.54) is 0 Å². The highest BCUT2D eigenvalue weighted by Gasteiger charge is 2.46. The molecular weight excluding hydrogens is 204 g/mol. The number of nitrogens with zero attached hydrogens (tertiary/aromatic N) is 1. The van der Waals surface area contributed by atoms with Crippen LogP contribution in [0.2, 0.25) is 0 Å². The number of nitrogens with two attached hydrogens (primary N) is 1. The van der Waals surface area contributed by atoms with Crippen molar-refractivity contribution in [2.75, 3.05) is 20.3 Å². The summed E-state index contributed by atoms with van der Waals surface area (Å²) in [5.74, 6) is 0.110. The third-order valence-electron chi connectivity index (χ3n) is 3.69. The summed E-state index contributed by atoms with van der Waals surface area (Å²) in [5, 5.41) is 0. The van der Waals surface area contributed by atoms with Gasteiger partial charge in [-0.3, -0.25) is 4.79 Å². The first kappa shape index (κ1) is 13.5. The van der Waals surface area contributed by atoms with Gasteiger partial charge in [0.1, 0.15) is 0 Å². The van der Waals surface area contributed by atoms with E-state index in [9.17, 15) is 4.79 Å². The molecule has 1 fully saturated rings. The molecule has 4 nitrogen and oxygen atoms in total. The van der Waals surface area contributed by atoms with E-state index in [1.54, 1.807) is 0 Å².